The first-order valence-electron chi connectivity index (χ1n) is 11.6. The number of aliphatic carboxylic acids is 1. The van der Waals surface area contributed by atoms with Gasteiger partial charge in [-0.15, -0.1) is 0 Å². The van der Waals surface area contributed by atoms with Crippen LogP contribution in [0.2, 0.25) is 0 Å². The van der Waals surface area contributed by atoms with Gasteiger partial charge in [-0.3, -0.25) is 4.98 Å². The summed E-state index contributed by atoms with van der Waals surface area (Å²) in [5.74, 6) is -0.340. The molecule has 186 valence electrons. The molecule has 0 aliphatic heterocycles. The lowest BCUT2D eigenvalue weighted by atomic mass is 10.1. The van der Waals surface area contributed by atoms with Crippen molar-refractivity contribution in [1.29, 1.82) is 0 Å². The monoisotopic (exact) mass is 481 g/mol. The highest BCUT2D eigenvalue weighted by molar-refractivity contribution is 6.04. The number of benzene rings is 2. The fraction of sp³-hybridized carbons (Fsp3) is 0.370. The van der Waals surface area contributed by atoms with Crippen LogP contribution in [0, 0.1) is 0 Å². The molecule has 35 heavy (non-hydrogen) atoms. The van der Waals surface area contributed by atoms with Crippen LogP contribution in [0.15, 0.2) is 48.7 Å². The molecular formula is C27H31NO7. The number of carboxylic acid groups (broad SMARTS) is 1. The van der Waals surface area contributed by atoms with Gasteiger partial charge in [-0.1, -0.05) is 24.3 Å². The number of fused-ring (bicyclic) bond motifs is 1. The predicted molar refractivity (Wildman–Crippen MR) is 131 cm³/mol. The van der Waals surface area contributed by atoms with Gasteiger partial charge in [0.1, 0.15) is 18.1 Å². The Bertz CT molecular complexity index is 1180. The maximum atomic E-state index is 12.4. The Balaban J connectivity index is 1.94. The van der Waals surface area contributed by atoms with Crippen molar-refractivity contribution in [3.8, 4) is 11.5 Å². The van der Waals surface area contributed by atoms with Gasteiger partial charge in [-0.25, -0.2) is 9.59 Å². The molecule has 1 unspecified atom stereocenters. The normalized spacial score (nSPS) is 11.9. The van der Waals surface area contributed by atoms with Crippen LogP contribution in [0.25, 0.3) is 10.9 Å². The topological polar surface area (TPSA) is 104 Å². The summed E-state index contributed by atoms with van der Waals surface area (Å²) in [5.41, 5.74) is 2.28. The van der Waals surface area contributed by atoms with Crippen LogP contribution in [0.3, 0.4) is 0 Å². The van der Waals surface area contributed by atoms with Crippen molar-refractivity contribution in [3.63, 3.8) is 0 Å². The smallest absolute Gasteiger partial charge is 0.340 e. The second kappa shape index (κ2) is 12.2. The van der Waals surface area contributed by atoms with E-state index >= 15 is 0 Å². The van der Waals surface area contributed by atoms with Crippen molar-refractivity contribution >= 4 is 22.8 Å². The van der Waals surface area contributed by atoms with Crippen molar-refractivity contribution < 1.29 is 33.6 Å². The van der Waals surface area contributed by atoms with Crippen LogP contribution in [-0.2, 0) is 27.3 Å². The first-order chi connectivity index (χ1) is 16.8. The first kappa shape index (κ1) is 26.0. The van der Waals surface area contributed by atoms with Crippen molar-refractivity contribution in [3.05, 3.63) is 65.4 Å². The molecule has 0 saturated heterocycles. The van der Waals surface area contributed by atoms with Gasteiger partial charge < -0.3 is 24.1 Å². The van der Waals surface area contributed by atoms with Gasteiger partial charge in [0.05, 0.1) is 29.4 Å². The molecule has 8 heteroatoms. The lowest BCUT2D eigenvalue weighted by Crippen LogP contribution is -2.26. The molecule has 8 nitrogen and oxygen atoms in total. The molecule has 0 amide bonds. The van der Waals surface area contributed by atoms with Crippen LogP contribution < -0.4 is 9.47 Å². The number of aromatic nitrogens is 1. The standard InChI is InChI=1S/C27H31NO7/c1-5-32-23(26(29)30)14-18-10-7-8-13-22(18)34-16-19-15-28-24-20(25(19)35-17(3)4)11-9-12-21(24)27(31)33-6-2/h7-13,15,17,23H,5-6,14,16H2,1-4H3,(H,29,30). The quantitative estimate of drug-likeness (QED) is 0.368. The average molecular weight is 482 g/mol. The summed E-state index contributed by atoms with van der Waals surface area (Å²) in [6.07, 6.45) is 0.716. The number of carbonyl (C=O) groups excluding carboxylic acids is 1. The molecule has 0 radical (unpaired) electrons. The number of rotatable bonds is 12. The third kappa shape index (κ3) is 6.48. The number of carbonyl (C=O) groups is 2. The van der Waals surface area contributed by atoms with E-state index in [0.29, 0.717) is 40.1 Å². The minimum atomic E-state index is -1.02. The third-order valence-corrected chi connectivity index (χ3v) is 5.18. The van der Waals surface area contributed by atoms with E-state index in [2.05, 4.69) is 4.98 Å². The van der Waals surface area contributed by atoms with Crippen LogP contribution >= 0.6 is 0 Å². The van der Waals surface area contributed by atoms with Gasteiger partial charge in [0, 0.05) is 24.6 Å². The molecule has 2 aromatic carbocycles. The maximum absolute atomic E-state index is 12.4. The number of nitrogens with zero attached hydrogens (tertiary/aromatic N) is 1. The first-order valence-corrected chi connectivity index (χ1v) is 11.6. The second-order valence-electron chi connectivity index (χ2n) is 8.08. The number of hydrogen-bond acceptors (Lipinski definition) is 7. The molecule has 3 rings (SSSR count). The molecule has 1 heterocycles. The van der Waals surface area contributed by atoms with E-state index in [-0.39, 0.29) is 25.7 Å². The van der Waals surface area contributed by atoms with E-state index < -0.39 is 18.0 Å². The summed E-state index contributed by atoms with van der Waals surface area (Å²) in [7, 11) is 0. The lowest BCUT2D eigenvalue weighted by Gasteiger charge is -2.19. The van der Waals surface area contributed by atoms with Gasteiger partial charge >= 0.3 is 11.9 Å². The van der Waals surface area contributed by atoms with Crippen LogP contribution in [-0.4, -0.2) is 47.5 Å². The largest absolute Gasteiger partial charge is 0.490 e. The Labute approximate surface area is 204 Å². The van der Waals surface area contributed by atoms with Crippen molar-refractivity contribution in [1.82, 2.24) is 4.98 Å². The summed E-state index contributed by atoms with van der Waals surface area (Å²) in [6.45, 7) is 8.05. The van der Waals surface area contributed by atoms with Crippen molar-refractivity contribution in [2.75, 3.05) is 13.2 Å². The molecule has 1 aromatic heterocycles. The Morgan fingerprint density at radius 2 is 1.77 bits per heavy atom. The molecule has 3 aromatic rings. The van der Waals surface area contributed by atoms with E-state index in [9.17, 15) is 14.7 Å². The molecule has 0 fully saturated rings. The summed E-state index contributed by atoms with van der Waals surface area (Å²) >= 11 is 0. The average Bonchev–Trinajstić information content (AvgIpc) is 2.83. The van der Waals surface area contributed by atoms with Gasteiger partial charge in [0.2, 0.25) is 0 Å². The minimum absolute atomic E-state index is 0.125. The third-order valence-electron chi connectivity index (χ3n) is 5.18. The molecule has 0 aliphatic carbocycles. The highest BCUT2D eigenvalue weighted by atomic mass is 16.5. The summed E-state index contributed by atoms with van der Waals surface area (Å²) in [4.78, 5) is 28.5. The zero-order valence-corrected chi connectivity index (χ0v) is 20.4. The SMILES string of the molecule is CCOC(=O)c1cccc2c(OC(C)C)c(COc3ccccc3CC(OCC)C(=O)O)cnc12. The number of ether oxygens (including phenoxy) is 4. The van der Waals surface area contributed by atoms with Gasteiger partial charge in [-0.2, -0.15) is 0 Å². The Morgan fingerprint density at radius 1 is 1.00 bits per heavy atom. The number of hydrogen-bond donors (Lipinski definition) is 1. The molecule has 0 aliphatic rings. The van der Waals surface area contributed by atoms with E-state index in [1.54, 1.807) is 38.2 Å². The van der Waals surface area contributed by atoms with Crippen molar-refractivity contribution in [2.24, 2.45) is 0 Å². The second-order valence-corrected chi connectivity index (χ2v) is 8.08. The number of pyridine rings is 1. The van der Waals surface area contributed by atoms with E-state index in [0.717, 1.165) is 5.56 Å². The van der Waals surface area contributed by atoms with Crippen LogP contribution in [0.1, 0.15) is 49.2 Å². The molecular weight excluding hydrogens is 450 g/mol. The molecule has 1 N–H and O–H groups in total. The highest BCUT2D eigenvalue weighted by Gasteiger charge is 2.21. The minimum Gasteiger partial charge on any atom is -0.490 e. The zero-order valence-electron chi connectivity index (χ0n) is 20.4. The molecule has 1 atom stereocenters. The Kier molecular flexibility index (Phi) is 9.03. The number of para-hydroxylation sites is 2. The summed E-state index contributed by atoms with van der Waals surface area (Å²) in [6, 6.07) is 12.6. The lowest BCUT2D eigenvalue weighted by molar-refractivity contribution is -0.149. The highest BCUT2D eigenvalue weighted by Crippen LogP contribution is 2.33. The molecule has 0 spiro atoms. The fourth-order valence-electron chi connectivity index (χ4n) is 3.68. The summed E-state index contributed by atoms with van der Waals surface area (Å²) < 4.78 is 22.8. The fourth-order valence-corrected chi connectivity index (χ4v) is 3.68. The van der Waals surface area contributed by atoms with Gasteiger partial charge in [0.25, 0.3) is 0 Å². The van der Waals surface area contributed by atoms with E-state index in [4.69, 9.17) is 18.9 Å². The van der Waals surface area contributed by atoms with Crippen LogP contribution in [0.4, 0.5) is 0 Å². The van der Waals surface area contributed by atoms with Gasteiger partial charge in [-0.05, 0) is 51.5 Å². The van der Waals surface area contributed by atoms with Crippen LogP contribution in [0.5, 0.6) is 11.5 Å². The van der Waals surface area contributed by atoms with Gasteiger partial charge in [0.15, 0.2) is 6.10 Å². The van der Waals surface area contributed by atoms with E-state index in [1.807, 2.05) is 38.1 Å². The van der Waals surface area contributed by atoms with Crippen molar-refractivity contribution in [2.45, 2.75) is 52.9 Å². The van der Waals surface area contributed by atoms with E-state index in [1.165, 1.54) is 0 Å². The zero-order chi connectivity index (χ0) is 25.4. The Hall–Kier alpha value is -3.65. The maximum Gasteiger partial charge on any atom is 0.340 e. The Morgan fingerprint density at radius 3 is 2.46 bits per heavy atom. The molecule has 0 saturated carbocycles. The number of esters is 1. The molecule has 0 bridgehead atoms. The summed E-state index contributed by atoms with van der Waals surface area (Å²) in [5, 5.41) is 10.1. The predicted octanol–water partition coefficient (Wildman–Crippen LogP) is 4.81. The number of carboxylic acids is 1.